The summed E-state index contributed by atoms with van der Waals surface area (Å²) in [5.41, 5.74) is 4.94. The lowest BCUT2D eigenvalue weighted by atomic mass is 9.80. The van der Waals surface area contributed by atoms with E-state index in [0.717, 1.165) is 69.1 Å². The van der Waals surface area contributed by atoms with Gasteiger partial charge in [0.15, 0.2) is 0 Å². The summed E-state index contributed by atoms with van der Waals surface area (Å²) in [6.45, 7) is 8.65. The third-order valence-electron chi connectivity index (χ3n) is 8.09. The summed E-state index contributed by atoms with van der Waals surface area (Å²) in [5, 5.41) is 5.98. The lowest BCUT2D eigenvalue weighted by molar-refractivity contribution is 0.198. The van der Waals surface area contributed by atoms with Gasteiger partial charge in [0.05, 0.1) is 11.8 Å². The molecule has 0 radical (unpaired) electrons. The van der Waals surface area contributed by atoms with Gasteiger partial charge in [-0.15, -0.1) is 0 Å². The molecule has 0 amide bonds. The highest BCUT2D eigenvalue weighted by molar-refractivity contribution is 5.87. The zero-order valence-corrected chi connectivity index (χ0v) is 23.0. The minimum Gasteiger partial charge on any atom is -0.489 e. The highest BCUT2D eigenvalue weighted by atomic mass is 16.5. The van der Waals surface area contributed by atoms with Crippen LogP contribution in [0.15, 0.2) is 66.7 Å². The fourth-order valence-corrected chi connectivity index (χ4v) is 5.77. The highest BCUT2D eigenvalue weighted by Gasteiger charge is 2.29. The van der Waals surface area contributed by atoms with Gasteiger partial charge in [-0.25, -0.2) is 0 Å². The zero-order chi connectivity index (χ0) is 26.6. The topological polar surface area (TPSA) is 59.5 Å². The molecule has 0 saturated carbocycles. The number of nitrogens with zero attached hydrogens (tertiary/aromatic N) is 3. The van der Waals surface area contributed by atoms with E-state index in [0.29, 0.717) is 18.5 Å². The predicted molar refractivity (Wildman–Crippen MR) is 157 cm³/mol. The Bertz CT molecular complexity index is 1420. The number of nitrogens with one attached hydrogen (secondary N) is 1. The maximum absolute atomic E-state index is 6.32. The van der Waals surface area contributed by atoms with E-state index in [2.05, 4.69) is 84.7 Å². The Balaban J connectivity index is 1.34. The van der Waals surface area contributed by atoms with Crippen LogP contribution in [0.1, 0.15) is 55.0 Å². The second-order valence-electron chi connectivity index (χ2n) is 10.8. The average Bonchev–Trinajstić information content (AvgIpc) is 2.99. The predicted octanol–water partition coefficient (Wildman–Crippen LogP) is 6.07. The number of hydrogen-bond donors (Lipinski definition) is 1. The number of aromatic nitrogens is 2. The molecule has 1 aromatic heterocycles. The molecule has 6 nitrogen and oxygen atoms in total. The van der Waals surface area contributed by atoms with Crippen molar-refractivity contribution >= 4 is 16.6 Å². The van der Waals surface area contributed by atoms with Crippen molar-refractivity contribution in [2.45, 2.75) is 58.2 Å². The maximum atomic E-state index is 6.32. The van der Waals surface area contributed by atoms with Crippen molar-refractivity contribution in [2.24, 2.45) is 0 Å². The molecule has 2 heterocycles. The molecule has 1 saturated heterocycles. The van der Waals surface area contributed by atoms with Crippen LogP contribution >= 0.6 is 0 Å². The Morgan fingerprint density at radius 1 is 1.00 bits per heavy atom. The molecule has 2 atom stereocenters. The van der Waals surface area contributed by atoms with Crippen molar-refractivity contribution in [3.63, 3.8) is 0 Å². The first-order valence-corrected chi connectivity index (χ1v) is 14.4. The van der Waals surface area contributed by atoms with Gasteiger partial charge in [-0.05, 0) is 72.6 Å². The number of piperazine rings is 1. The van der Waals surface area contributed by atoms with E-state index in [4.69, 9.17) is 19.4 Å². The number of rotatable bonds is 8. The first-order valence-electron chi connectivity index (χ1n) is 14.4. The van der Waals surface area contributed by atoms with Gasteiger partial charge in [0.25, 0.3) is 0 Å². The molecule has 39 heavy (non-hydrogen) atoms. The van der Waals surface area contributed by atoms with E-state index in [1.54, 1.807) is 0 Å². The van der Waals surface area contributed by atoms with Crippen molar-refractivity contribution in [1.82, 2.24) is 15.3 Å². The largest absolute Gasteiger partial charge is 0.489 e. The van der Waals surface area contributed by atoms with Crippen LogP contribution in [0, 0.1) is 0 Å². The number of anilines is 1. The summed E-state index contributed by atoms with van der Waals surface area (Å²) in [5.74, 6) is 2.34. The molecule has 6 rings (SSSR count). The van der Waals surface area contributed by atoms with Gasteiger partial charge >= 0.3 is 6.01 Å². The Labute approximate surface area is 231 Å². The molecule has 1 aliphatic heterocycles. The summed E-state index contributed by atoms with van der Waals surface area (Å²) in [4.78, 5) is 12.4. The first-order chi connectivity index (χ1) is 19.2. The molecule has 2 aliphatic rings. The zero-order valence-electron chi connectivity index (χ0n) is 23.0. The fraction of sp³-hybridized carbons (Fsp3) is 0.394. The van der Waals surface area contributed by atoms with E-state index in [1.807, 2.05) is 6.07 Å². The minimum absolute atomic E-state index is 0.0840. The van der Waals surface area contributed by atoms with Gasteiger partial charge in [0, 0.05) is 31.7 Å². The van der Waals surface area contributed by atoms with Gasteiger partial charge in [0.2, 0.25) is 0 Å². The molecule has 4 aromatic rings. The quantitative estimate of drug-likeness (QED) is 0.303. The molecule has 0 spiro atoms. The molecule has 1 aliphatic carbocycles. The van der Waals surface area contributed by atoms with E-state index in [9.17, 15) is 0 Å². The highest BCUT2D eigenvalue weighted by Crippen LogP contribution is 2.40. The summed E-state index contributed by atoms with van der Waals surface area (Å²) >= 11 is 0. The van der Waals surface area contributed by atoms with Crippen molar-refractivity contribution in [2.75, 3.05) is 31.1 Å². The van der Waals surface area contributed by atoms with Gasteiger partial charge in [-0.1, -0.05) is 61.5 Å². The van der Waals surface area contributed by atoms with Crippen molar-refractivity contribution in [3.8, 4) is 11.8 Å². The Morgan fingerprint density at radius 3 is 2.62 bits per heavy atom. The molecular formula is C33H38N4O2. The first kappa shape index (κ1) is 25.6. The third-order valence-corrected chi connectivity index (χ3v) is 8.09. The lowest BCUT2D eigenvalue weighted by Gasteiger charge is -2.33. The smallest absolute Gasteiger partial charge is 0.318 e. The van der Waals surface area contributed by atoms with Crippen molar-refractivity contribution in [1.29, 1.82) is 0 Å². The van der Waals surface area contributed by atoms with Crippen molar-refractivity contribution in [3.05, 3.63) is 89.1 Å². The van der Waals surface area contributed by atoms with Crippen LogP contribution in [0.5, 0.6) is 11.8 Å². The van der Waals surface area contributed by atoms with Gasteiger partial charge < -0.3 is 19.7 Å². The van der Waals surface area contributed by atoms with Gasteiger partial charge in [0.1, 0.15) is 18.2 Å². The number of ether oxygens (including phenoxy) is 2. The minimum atomic E-state index is 0.0840. The van der Waals surface area contributed by atoms with E-state index in [1.165, 1.54) is 27.5 Å². The molecule has 0 bridgehead atoms. The number of hydrogen-bond acceptors (Lipinski definition) is 6. The molecular weight excluding hydrogens is 484 g/mol. The second kappa shape index (κ2) is 11.6. The Kier molecular flexibility index (Phi) is 7.64. The van der Waals surface area contributed by atoms with E-state index in [-0.39, 0.29) is 6.10 Å². The SMILES string of the molecule is CC[C@@H](C)Oc1nc2c(c(N3CCNCC3)n1)CCC(c1cc(OCc3ccccc3)cc3ccccc13)C2. The van der Waals surface area contributed by atoms with Crippen LogP contribution < -0.4 is 19.7 Å². The standard InChI is InChI=1S/C33H38N4O2/c1-3-23(2)39-33-35-31-20-26(13-14-29(31)32(36-33)37-17-15-34-16-18-37)30-21-27(19-25-11-7-8-12-28(25)30)38-22-24-9-5-4-6-10-24/h4-12,19,21,23,26,34H,3,13-18,20,22H2,1-2H3/t23-,26?/m1/s1. The monoisotopic (exact) mass is 522 g/mol. The summed E-state index contributed by atoms with van der Waals surface area (Å²) < 4.78 is 12.5. The number of fused-ring (bicyclic) bond motifs is 2. The van der Waals surface area contributed by atoms with Crippen LogP contribution in [-0.4, -0.2) is 42.3 Å². The number of benzene rings is 3. The van der Waals surface area contributed by atoms with E-state index < -0.39 is 0 Å². The molecule has 3 aromatic carbocycles. The summed E-state index contributed by atoms with van der Waals surface area (Å²) in [7, 11) is 0. The fourth-order valence-electron chi connectivity index (χ4n) is 5.77. The third kappa shape index (κ3) is 5.71. The lowest BCUT2D eigenvalue weighted by Crippen LogP contribution is -2.44. The van der Waals surface area contributed by atoms with Crippen LogP contribution in [0.3, 0.4) is 0 Å². The Hall–Kier alpha value is -3.64. The van der Waals surface area contributed by atoms with Gasteiger partial charge in [-0.3, -0.25) is 0 Å². The molecule has 1 fully saturated rings. The molecule has 202 valence electrons. The molecule has 6 heteroatoms. The average molecular weight is 523 g/mol. The van der Waals surface area contributed by atoms with Crippen LogP contribution in [-0.2, 0) is 19.4 Å². The Morgan fingerprint density at radius 2 is 1.79 bits per heavy atom. The maximum Gasteiger partial charge on any atom is 0.318 e. The summed E-state index contributed by atoms with van der Waals surface area (Å²) in [6, 6.07) is 24.0. The summed E-state index contributed by atoms with van der Waals surface area (Å²) in [6.07, 6.45) is 3.91. The van der Waals surface area contributed by atoms with Crippen LogP contribution in [0.25, 0.3) is 10.8 Å². The normalized spacial score (nSPS) is 18.0. The molecule has 1 N–H and O–H groups in total. The van der Waals surface area contributed by atoms with Crippen LogP contribution in [0.2, 0.25) is 0 Å². The second-order valence-corrected chi connectivity index (χ2v) is 10.8. The van der Waals surface area contributed by atoms with Gasteiger partial charge in [-0.2, -0.15) is 9.97 Å². The molecule has 1 unspecified atom stereocenters. The van der Waals surface area contributed by atoms with E-state index >= 15 is 0 Å². The van der Waals surface area contributed by atoms with Crippen LogP contribution in [0.4, 0.5) is 5.82 Å². The van der Waals surface area contributed by atoms with Crippen molar-refractivity contribution < 1.29 is 9.47 Å².